The molecule has 0 atom stereocenters. The molecule has 1 aromatic carbocycles. The van der Waals surface area contributed by atoms with Crippen LogP contribution < -0.4 is 5.76 Å². The van der Waals surface area contributed by atoms with Crippen molar-refractivity contribution in [3.63, 3.8) is 0 Å². The van der Waals surface area contributed by atoms with Gasteiger partial charge in [-0.05, 0) is 44.6 Å². The number of nitrogens with one attached hydrogen (secondary N) is 1. The summed E-state index contributed by atoms with van der Waals surface area (Å²) in [4.78, 5) is 26.7. The molecule has 2 aromatic rings. The zero-order valence-corrected chi connectivity index (χ0v) is 11.2. The van der Waals surface area contributed by atoms with E-state index in [1.165, 1.54) is 0 Å². The van der Waals surface area contributed by atoms with Crippen molar-refractivity contribution in [2.24, 2.45) is 0 Å². The van der Waals surface area contributed by atoms with Crippen LogP contribution in [0.5, 0.6) is 0 Å². The standard InChI is InChI=1S/C14H18N2O3/c1-10(17)4-3-7-16(2)9-11-5-6-12-13(8-11)19-14(18)15-12/h5-6,8H,3-4,7,9H2,1-2H3,(H,15,18). The van der Waals surface area contributed by atoms with Gasteiger partial charge in [0, 0.05) is 13.0 Å². The summed E-state index contributed by atoms with van der Waals surface area (Å²) < 4.78 is 5.03. The zero-order valence-electron chi connectivity index (χ0n) is 11.2. The van der Waals surface area contributed by atoms with Gasteiger partial charge in [-0.15, -0.1) is 0 Å². The minimum absolute atomic E-state index is 0.226. The molecule has 5 nitrogen and oxygen atoms in total. The number of carbonyl (C=O) groups excluding carboxylic acids is 1. The fourth-order valence-corrected chi connectivity index (χ4v) is 2.08. The molecule has 0 aliphatic heterocycles. The van der Waals surface area contributed by atoms with Crippen molar-refractivity contribution in [1.29, 1.82) is 0 Å². The highest BCUT2D eigenvalue weighted by molar-refractivity contribution is 5.75. The Bertz CT molecular complexity index is 627. The Hall–Kier alpha value is -1.88. The number of aromatic amines is 1. The number of Topliss-reactive ketones (excluding diaryl/α,β-unsaturated/α-hetero) is 1. The lowest BCUT2D eigenvalue weighted by atomic mass is 10.2. The molecule has 0 unspecified atom stereocenters. The van der Waals surface area contributed by atoms with Crippen molar-refractivity contribution in [3.05, 3.63) is 34.3 Å². The lowest BCUT2D eigenvalue weighted by Gasteiger charge is -2.16. The van der Waals surface area contributed by atoms with E-state index in [0.717, 1.165) is 25.1 Å². The van der Waals surface area contributed by atoms with Crippen LogP contribution in [0.4, 0.5) is 0 Å². The van der Waals surface area contributed by atoms with Crippen molar-refractivity contribution in [3.8, 4) is 0 Å². The van der Waals surface area contributed by atoms with Gasteiger partial charge in [-0.3, -0.25) is 4.98 Å². The first-order valence-electron chi connectivity index (χ1n) is 6.34. The fraction of sp³-hybridized carbons (Fsp3) is 0.429. The molecule has 0 saturated heterocycles. The van der Waals surface area contributed by atoms with Crippen LogP contribution in [0.3, 0.4) is 0 Å². The molecular weight excluding hydrogens is 244 g/mol. The number of hydrogen-bond donors (Lipinski definition) is 1. The molecule has 1 heterocycles. The van der Waals surface area contributed by atoms with Crippen molar-refractivity contribution in [2.75, 3.05) is 13.6 Å². The van der Waals surface area contributed by atoms with E-state index in [1.807, 2.05) is 25.2 Å². The Morgan fingerprint density at radius 2 is 2.21 bits per heavy atom. The molecule has 0 aliphatic carbocycles. The van der Waals surface area contributed by atoms with E-state index >= 15 is 0 Å². The topological polar surface area (TPSA) is 66.3 Å². The predicted octanol–water partition coefficient (Wildman–Crippen LogP) is 1.92. The van der Waals surface area contributed by atoms with Gasteiger partial charge in [0.05, 0.1) is 5.52 Å². The molecule has 0 fully saturated rings. The van der Waals surface area contributed by atoms with Crippen LogP contribution in [0.1, 0.15) is 25.3 Å². The first-order valence-corrected chi connectivity index (χ1v) is 6.34. The van der Waals surface area contributed by atoms with E-state index in [0.29, 0.717) is 17.5 Å². The summed E-state index contributed by atoms with van der Waals surface area (Å²) in [7, 11) is 2.01. The molecular formula is C14H18N2O3. The summed E-state index contributed by atoms with van der Waals surface area (Å²) in [5.41, 5.74) is 2.38. The third kappa shape index (κ3) is 3.79. The molecule has 2 rings (SSSR count). The van der Waals surface area contributed by atoms with Crippen LogP contribution in [0, 0.1) is 0 Å². The average Bonchev–Trinajstić information content (AvgIpc) is 2.67. The van der Waals surface area contributed by atoms with Crippen LogP contribution in [0.15, 0.2) is 27.4 Å². The average molecular weight is 262 g/mol. The predicted molar refractivity (Wildman–Crippen MR) is 73.1 cm³/mol. The summed E-state index contributed by atoms with van der Waals surface area (Å²) in [6, 6.07) is 5.68. The van der Waals surface area contributed by atoms with Crippen molar-refractivity contribution in [1.82, 2.24) is 9.88 Å². The summed E-state index contributed by atoms with van der Waals surface area (Å²) in [5, 5.41) is 0. The van der Waals surface area contributed by atoms with E-state index in [4.69, 9.17) is 4.42 Å². The van der Waals surface area contributed by atoms with Gasteiger partial charge in [-0.1, -0.05) is 6.07 Å². The number of carbonyl (C=O) groups is 1. The number of hydrogen-bond acceptors (Lipinski definition) is 4. The molecule has 0 amide bonds. The second-order valence-electron chi connectivity index (χ2n) is 4.89. The quantitative estimate of drug-likeness (QED) is 0.863. The molecule has 1 N–H and O–H groups in total. The van der Waals surface area contributed by atoms with E-state index in [2.05, 4.69) is 9.88 Å². The Morgan fingerprint density at radius 3 is 2.95 bits per heavy atom. The maximum Gasteiger partial charge on any atom is 0.417 e. The normalized spacial score (nSPS) is 11.3. The van der Waals surface area contributed by atoms with E-state index in [1.54, 1.807) is 6.92 Å². The zero-order chi connectivity index (χ0) is 13.8. The Balaban J connectivity index is 1.96. The highest BCUT2D eigenvalue weighted by Crippen LogP contribution is 2.13. The van der Waals surface area contributed by atoms with Gasteiger partial charge >= 0.3 is 5.76 Å². The lowest BCUT2D eigenvalue weighted by Crippen LogP contribution is -2.19. The van der Waals surface area contributed by atoms with Crippen LogP contribution >= 0.6 is 0 Å². The highest BCUT2D eigenvalue weighted by atomic mass is 16.4. The van der Waals surface area contributed by atoms with Crippen LogP contribution in [0.25, 0.3) is 11.1 Å². The minimum Gasteiger partial charge on any atom is -0.408 e. The van der Waals surface area contributed by atoms with Crippen molar-refractivity contribution in [2.45, 2.75) is 26.3 Å². The van der Waals surface area contributed by atoms with Gasteiger partial charge < -0.3 is 14.1 Å². The highest BCUT2D eigenvalue weighted by Gasteiger charge is 2.05. The van der Waals surface area contributed by atoms with Gasteiger partial charge in [0.25, 0.3) is 0 Å². The maximum atomic E-state index is 11.1. The van der Waals surface area contributed by atoms with E-state index in [9.17, 15) is 9.59 Å². The SMILES string of the molecule is CC(=O)CCCN(C)Cc1ccc2[nH]c(=O)oc2c1. The third-order valence-electron chi connectivity index (χ3n) is 3.01. The minimum atomic E-state index is -0.429. The number of ketones is 1. The summed E-state index contributed by atoms with van der Waals surface area (Å²) in [6.45, 7) is 3.25. The van der Waals surface area contributed by atoms with Gasteiger partial charge in [-0.25, -0.2) is 4.79 Å². The number of H-pyrrole nitrogens is 1. The fourth-order valence-electron chi connectivity index (χ4n) is 2.08. The third-order valence-corrected chi connectivity index (χ3v) is 3.01. The molecule has 5 heteroatoms. The summed E-state index contributed by atoms with van der Waals surface area (Å²) in [6.07, 6.45) is 1.49. The first kappa shape index (κ1) is 13.5. The number of rotatable bonds is 6. The number of benzene rings is 1. The summed E-state index contributed by atoms with van der Waals surface area (Å²) >= 11 is 0. The Labute approximate surface area is 111 Å². The smallest absolute Gasteiger partial charge is 0.408 e. The monoisotopic (exact) mass is 262 g/mol. The van der Waals surface area contributed by atoms with Crippen molar-refractivity contribution < 1.29 is 9.21 Å². The maximum absolute atomic E-state index is 11.1. The van der Waals surface area contributed by atoms with Crippen LogP contribution in [-0.4, -0.2) is 29.3 Å². The van der Waals surface area contributed by atoms with Crippen LogP contribution in [-0.2, 0) is 11.3 Å². The van der Waals surface area contributed by atoms with E-state index in [-0.39, 0.29) is 5.78 Å². The number of oxazole rings is 1. The van der Waals surface area contributed by atoms with Crippen LogP contribution in [0.2, 0.25) is 0 Å². The molecule has 102 valence electrons. The summed E-state index contributed by atoms with van der Waals surface area (Å²) in [5.74, 6) is -0.203. The second-order valence-corrected chi connectivity index (χ2v) is 4.89. The molecule has 0 spiro atoms. The van der Waals surface area contributed by atoms with Crippen molar-refractivity contribution >= 4 is 16.9 Å². The van der Waals surface area contributed by atoms with E-state index < -0.39 is 5.76 Å². The number of fused-ring (bicyclic) bond motifs is 1. The first-order chi connectivity index (χ1) is 9.04. The largest absolute Gasteiger partial charge is 0.417 e. The molecule has 0 saturated carbocycles. The Kier molecular flexibility index (Phi) is 4.16. The number of aromatic nitrogens is 1. The van der Waals surface area contributed by atoms with Gasteiger partial charge in [-0.2, -0.15) is 0 Å². The molecule has 0 radical (unpaired) electrons. The molecule has 0 bridgehead atoms. The molecule has 0 aliphatic rings. The van der Waals surface area contributed by atoms with Gasteiger partial charge in [0.15, 0.2) is 5.58 Å². The number of nitrogens with zero attached hydrogens (tertiary/aromatic N) is 1. The second kappa shape index (κ2) is 5.84. The lowest BCUT2D eigenvalue weighted by molar-refractivity contribution is -0.117. The Morgan fingerprint density at radius 1 is 1.42 bits per heavy atom. The molecule has 1 aromatic heterocycles. The van der Waals surface area contributed by atoms with Gasteiger partial charge in [0.1, 0.15) is 5.78 Å². The van der Waals surface area contributed by atoms with Gasteiger partial charge in [0.2, 0.25) is 0 Å². The molecule has 19 heavy (non-hydrogen) atoms.